The number of ether oxygens (including phenoxy) is 8. The molecule has 40 heavy (non-hydrogen) atoms. The maximum atomic E-state index is 12.1. The topological polar surface area (TPSA) is 120 Å². The molecule has 230 valence electrons. The second-order valence-electron chi connectivity index (χ2n) is 8.64. The molecule has 0 saturated heterocycles. The summed E-state index contributed by atoms with van der Waals surface area (Å²) in [6.45, 7) is 10.7. The van der Waals surface area contributed by atoms with Crippen LogP contribution in [0, 0.1) is 0 Å². The van der Waals surface area contributed by atoms with Crippen molar-refractivity contribution >= 4 is 17.6 Å². The lowest BCUT2D eigenvalue weighted by Crippen LogP contribution is -2.15. The number of hydrogen-bond acceptors (Lipinski definition) is 11. The summed E-state index contributed by atoms with van der Waals surface area (Å²) in [5, 5.41) is 3.31. The Hall–Kier alpha value is -2.28. The molecule has 0 aliphatic carbocycles. The van der Waals surface area contributed by atoms with Crippen LogP contribution in [-0.2, 0) is 42.7 Å². The van der Waals surface area contributed by atoms with Crippen LogP contribution in [0.25, 0.3) is 0 Å². The smallest absolute Gasteiger partial charge is 0.338 e. The van der Waals surface area contributed by atoms with Gasteiger partial charge in [-0.05, 0) is 37.1 Å². The van der Waals surface area contributed by atoms with E-state index in [1.165, 1.54) is 0 Å². The Bertz CT molecular complexity index is 732. The highest BCUT2D eigenvalue weighted by molar-refractivity contribution is 5.89. The Morgan fingerprint density at radius 3 is 1.43 bits per heavy atom. The van der Waals surface area contributed by atoms with Crippen LogP contribution in [0.2, 0.25) is 0 Å². The molecule has 0 atom stereocenters. The van der Waals surface area contributed by atoms with Crippen molar-refractivity contribution in [2.24, 2.45) is 0 Å². The molecule has 1 rings (SSSR count). The molecule has 0 spiro atoms. The number of carbonyl (C=O) groups is 2. The van der Waals surface area contributed by atoms with E-state index in [2.05, 4.69) is 12.2 Å². The normalized spacial score (nSPS) is 10.9. The lowest BCUT2D eigenvalue weighted by molar-refractivity contribution is -0.145. The summed E-state index contributed by atoms with van der Waals surface area (Å²) in [5.41, 5.74) is 1.51. The number of esters is 2. The summed E-state index contributed by atoms with van der Waals surface area (Å²) < 4.78 is 42.7. The summed E-state index contributed by atoms with van der Waals surface area (Å²) in [4.78, 5) is 23.3. The Morgan fingerprint density at radius 1 is 0.575 bits per heavy atom. The fraction of sp³-hybridized carbons (Fsp3) is 0.724. The fourth-order valence-corrected chi connectivity index (χ4v) is 3.10. The first-order valence-electron chi connectivity index (χ1n) is 14.3. The average Bonchev–Trinajstić information content (AvgIpc) is 2.96. The minimum absolute atomic E-state index is 0.190. The second-order valence-corrected chi connectivity index (χ2v) is 8.64. The van der Waals surface area contributed by atoms with Crippen molar-refractivity contribution in [1.29, 1.82) is 0 Å². The zero-order chi connectivity index (χ0) is 28.9. The number of hydrogen-bond donors (Lipinski definition) is 1. The number of anilines is 1. The van der Waals surface area contributed by atoms with Gasteiger partial charge in [0.1, 0.15) is 13.2 Å². The third-order valence-electron chi connectivity index (χ3n) is 5.25. The SMILES string of the molecule is CCCCNc1ccc(C(=O)OCCOCCOCCOCCOCCOCCOCCOC(=O)CCC)cc1. The van der Waals surface area contributed by atoms with Gasteiger partial charge in [0.2, 0.25) is 0 Å². The molecule has 11 nitrogen and oxygen atoms in total. The quantitative estimate of drug-likeness (QED) is 0.118. The van der Waals surface area contributed by atoms with Gasteiger partial charge in [-0.3, -0.25) is 4.79 Å². The van der Waals surface area contributed by atoms with Crippen LogP contribution >= 0.6 is 0 Å². The van der Waals surface area contributed by atoms with Crippen molar-refractivity contribution in [3.05, 3.63) is 29.8 Å². The van der Waals surface area contributed by atoms with E-state index in [0.29, 0.717) is 91.3 Å². The van der Waals surface area contributed by atoms with Crippen molar-refractivity contribution in [2.75, 3.05) is 104 Å². The van der Waals surface area contributed by atoms with Gasteiger partial charge >= 0.3 is 11.9 Å². The second kappa shape index (κ2) is 26.9. The molecule has 0 bridgehead atoms. The van der Waals surface area contributed by atoms with Crippen molar-refractivity contribution in [3.8, 4) is 0 Å². The number of carbonyl (C=O) groups excluding carboxylic acids is 2. The standard InChI is InChI=1S/C29H49NO10/c1-3-5-11-30-27-9-7-26(8-10-27)29(32)40-25-23-38-21-19-36-17-15-34-13-12-33-14-16-35-18-20-37-22-24-39-28(31)6-4-2/h7-10,30H,3-6,11-25H2,1-2H3. The number of rotatable bonds is 28. The molecule has 11 heteroatoms. The molecule has 0 fully saturated rings. The fourth-order valence-electron chi connectivity index (χ4n) is 3.10. The molecule has 1 aromatic rings. The van der Waals surface area contributed by atoms with Crippen LogP contribution in [0.1, 0.15) is 49.9 Å². The first-order chi connectivity index (χ1) is 19.7. The van der Waals surface area contributed by atoms with E-state index >= 15 is 0 Å². The van der Waals surface area contributed by atoms with Gasteiger partial charge in [0.05, 0.1) is 84.8 Å². The first kappa shape index (κ1) is 35.7. The molecule has 0 aliphatic heterocycles. The van der Waals surface area contributed by atoms with Crippen LogP contribution in [0.5, 0.6) is 0 Å². The lowest BCUT2D eigenvalue weighted by atomic mass is 10.2. The minimum atomic E-state index is -0.363. The molecule has 0 saturated carbocycles. The summed E-state index contributed by atoms with van der Waals surface area (Å²) in [7, 11) is 0. The maximum absolute atomic E-state index is 12.1. The van der Waals surface area contributed by atoms with Crippen LogP contribution in [0.15, 0.2) is 24.3 Å². The van der Waals surface area contributed by atoms with E-state index in [-0.39, 0.29) is 25.2 Å². The van der Waals surface area contributed by atoms with Gasteiger partial charge in [0.25, 0.3) is 0 Å². The highest BCUT2D eigenvalue weighted by Gasteiger charge is 2.06. The van der Waals surface area contributed by atoms with E-state index in [1.807, 2.05) is 19.1 Å². The third-order valence-corrected chi connectivity index (χ3v) is 5.25. The summed E-state index contributed by atoms with van der Waals surface area (Å²) >= 11 is 0. The Labute approximate surface area is 239 Å². The minimum Gasteiger partial charge on any atom is -0.463 e. The van der Waals surface area contributed by atoms with Gasteiger partial charge in [0.15, 0.2) is 0 Å². The molecular formula is C29H49NO10. The highest BCUT2D eigenvalue weighted by Crippen LogP contribution is 2.10. The predicted molar refractivity (Wildman–Crippen MR) is 151 cm³/mol. The molecule has 0 unspecified atom stereocenters. The van der Waals surface area contributed by atoms with Crippen LogP contribution in [0.4, 0.5) is 5.69 Å². The van der Waals surface area contributed by atoms with E-state index in [4.69, 9.17) is 37.9 Å². The van der Waals surface area contributed by atoms with Crippen LogP contribution < -0.4 is 5.32 Å². The van der Waals surface area contributed by atoms with Gasteiger partial charge in [-0.2, -0.15) is 0 Å². The first-order valence-corrected chi connectivity index (χ1v) is 14.3. The van der Waals surface area contributed by atoms with Gasteiger partial charge < -0.3 is 43.2 Å². The van der Waals surface area contributed by atoms with Crippen molar-refractivity contribution in [3.63, 3.8) is 0 Å². The summed E-state index contributed by atoms with van der Waals surface area (Å²) in [5.74, 6) is -0.554. The van der Waals surface area contributed by atoms with Gasteiger partial charge in [-0.25, -0.2) is 4.79 Å². The Balaban J connectivity index is 1.78. The zero-order valence-electron chi connectivity index (χ0n) is 24.3. The van der Waals surface area contributed by atoms with Crippen LogP contribution in [0.3, 0.4) is 0 Å². The Kier molecular flexibility index (Phi) is 24.1. The third kappa shape index (κ3) is 21.5. The molecule has 0 radical (unpaired) electrons. The van der Waals surface area contributed by atoms with Crippen LogP contribution in [-0.4, -0.2) is 111 Å². The predicted octanol–water partition coefficient (Wildman–Crippen LogP) is 3.50. The maximum Gasteiger partial charge on any atom is 0.338 e. The lowest BCUT2D eigenvalue weighted by Gasteiger charge is -2.09. The van der Waals surface area contributed by atoms with Gasteiger partial charge in [-0.1, -0.05) is 20.3 Å². The van der Waals surface area contributed by atoms with E-state index < -0.39 is 0 Å². The number of nitrogens with one attached hydrogen (secondary N) is 1. The molecular weight excluding hydrogens is 522 g/mol. The molecule has 1 aromatic carbocycles. The largest absolute Gasteiger partial charge is 0.463 e. The van der Waals surface area contributed by atoms with E-state index in [9.17, 15) is 9.59 Å². The van der Waals surface area contributed by atoms with Crippen molar-refractivity contribution < 1.29 is 47.5 Å². The molecule has 0 amide bonds. The summed E-state index contributed by atoms with van der Waals surface area (Å²) in [6, 6.07) is 7.28. The Morgan fingerprint density at radius 2 is 1.00 bits per heavy atom. The van der Waals surface area contributed by atoms with E-state index in [0.717, 1.165) is 31.5 Å². The van der Waals surface area contributed by atoms with Crippen molar-refractivity contribution in [2.45, 2.75) is 39.5 Å². The van der Waals surface area contributed by atoms with Gasteiger partial charge in [0, 0.05) is 18.7 Å². The molecule has 0 aliphatic rings. The van der Waals surface area contributed by atoms with E-state index in [1.54, 1.807) is 12.1 Å². The molecule has 1 N–H and O–H groups in total. The molecule has 0 aromatic heterocycles. The zero-order valence-corrected chi connectivity index (χ0v) is 24.3. The highest BCUT2D eigenvalue weighted by atomic mass is 16.6. The number of unbranched alkanes of at least 4 members (excludes halogenated alkanes) is 1. The van der Waals surface area contributed by atoms with Crippen molar-refractivity contribution in [1.82, 2.24) is 0 Å². The number of benzene rings is 1. The monoisotopic (exact) mass is 571 g/mol. The average molecular weight is 572 g/mol. The summed E-state index contributed by atoms with van der Waals surface area (Å²) in [6.07, 6.45) is 3.47. The molecule has 0 heterocycles. The van der Waals surface area contributed by atoms with Gasteiger partial charge in [-0.15, -0.1) is 0 Å².